The molecule has 0 heterocycles. The number of amides is 1. The third kappa shape index (κ3) is 3.37. The molecule has 3 heteroatoms. The number of rotatable bonds is 5. The molecule has 1 amide bonds. The molecule has 0 aliphatic rings. The molecule has 22 heavy (non-hydrogen) atoms. The molecule has 116 valence electrons. The smallest absolute Gasteiger partial charge is 0.254 e. The number of aliphatic hydroxyl groups excluding tert-OH is 1. The lowest BCUT2D eigenvalue weighted by Gasteiger charge is -2.29. The Labute approximate surface area is 132 Å². The standard InChI is InChI=1S/C19H23NO2/c1-14-8-7-11-17(15(14)2)19(22)20(3)18(12-13-21)16-9-5-4-6-10-16/h4-11,18,21H,12-13H2,1-3H3. The fraction of sp³-hybridized carbons (Fsp3) is 0.316. The number of aliphatic hydroxyl groups is 1. The lowest BCUT2D eigenvalue weighted by atomic mass is 9.99. The second kappa shape index (κ2) is 7.23. The van der Waals surface area contributed by atoms with Crippen molar-refractivity contribution in [2.75, 3.05) is 13.7 Å². The number of carbonyl (C=O) groups excluding carboxylic acids is 1. The number of hydrogen-bond acceptors (Lipinski definition) is 2. The van der Waals surface area contributed by atoms with Crippen LogP contribution >= 0.6 is 0 Å². The van der Waals surface area contributed by atoms with Gasteiger partial charge in [0.25, 0.3) is 5.91 Å². The van der Waals surface area contributed by atoms with Gasteiger partial charge in [0.1, 0.15) is 0 Å². The van der Waals surface area contributed by atoms with Gasteiger partial charge in [0.2, 0.25) is 0 Å². The molecule has 1 unspecified atom stereocenters. The van der Waals surface area contributed by atoms with E-state index in [-0.39, 0.29) is 18.6 Å². The van der Waals surface area contributed by atoms with E-state index in [2.05, 4.69) is 0 Å². The molecule has 0 radical (unpaired) electrons. The Morgan fingerprint density at radius 1 is 1.09 bits per heavy atom. The van der Waals surface area contributed by atoms with Crippen LogP contribution in [0.2, 0.25) is 0 Å². The first-order chi connectivity index (χ1) is 10.6. The van der Waals surface area contributed by atoms with Gasteiger partial charge in [-0.1, -0.05) is 42.5 Å². The first kappa shape index (κ1) is 16.2. The second-order valence-electron chi connectivity index (χ2n) is 5.60. The van der Waals surface area contributed by atoms with Gasteiger partial charge in [-0.3, -0.25) is 4.79 Å². The molecule has 2 rings (SSSR count). The summed E-state index contributed by atoms with van der Waals surface area (Å²) in [5.74, 6) is -0.0106. The quantitative estimate of drug-likeness (QED) is 0.917. The predicted octanol–water partition coefficient (Wildman–Crippen LogP) is 3.50. The molecule has 0 aliphatic carbocycles. The first-order valence-corrected chi connectivity index (χ1v) is 7.55. The van der Waals surface area contributed by atoms with Crippen molar-refractivity contribution >= 4 is 5.91 Å². The van der Waals surface area contributed by atoms with Crippen LogP contribution in [0.3, 0.4) is 0 Å². The van der Waals surface area contributed by atoms with E-state index in [1.165, 1.54) is 0 Å². The summed E-state index contributed by atoms with van der Waals surface area (Å²) in [6.45, 7) is 4.03. The van der Waals surface area contributed by atoms with E-state index in [9.17, 15) is 9.90 Å². The highest BCUT2D eigenvalue weighted by Gasteiger charge is 2.23. The van der Waals surface area contributed by atoms with E-state index in [1.807, 2.05) is 62.4 Å². The molecule has 0 aliphatic heterocycles. The van der Waals surface area contributed by atoms with Gasteiger partial charge < -0.3 is 10.0 Å². The number of benzene rings is 2. The molecule has 2 aromatic rings. The second-order valence-corrected chi connectivity index (χ2v) is 5.60. The van der Waals surface area contributed by atoms with E-state index in [0.717, 1.165) is 22.3 Å². The summed E-state index contributed by atoms with van der Waals surface area (Å²) in [4.78, 5) is 14.6. The average Bonchev–Trinajstić information content (AvgIpc) is 2.55. The molecule has 0 spiro atoms. The van der Waals surface area contributed by atoms with Crippen LogP contribution in [0.15, 0.2) is 48.5 Å². The summed E-state index contributed by atoms with van der Waals surface area (Å²) >= 11 is 0. The van der Waals surface area contributed by atoms with Gasteiger partial charge in [0.15, 0.2) is 0 Å². The molecule has 3 nitrogen and oxygen atoms in total. The van der Waals surface area contributed by atoms with Crippen molar-refractivity contribution in [1.29, 1.82) is 0 Å². The maximum Gasteiger partial charge on any atom is 0.254 e. The molecule has 0 saturated heterocycles. The predicted molar refractivity (Wildman–Crippen MR) is 88.9 cm³/mol. The summed E-state index contributed by atoms with van der Waals surface area (Å²) in [5.41, 5.74) is 3.88. The molecule has 2 aromatic carbocycles. The van der Waals surface area contributed by atoms with Crippen LogP contribution in [-0.4, -0.2) is 29.6 Å². The van der Waals surface area contributed by atoms with Gasteiger partial charge >= 0.3 is 0 Å². The minimum atomic E-state index is -0.126. The highest BCUT2D eigenvalue weighted by atomic mass is 16.3. The van der Waals surface area contributed by atoms with Gasteiger partial charge in [-0.15, -0.1) is 0 Å². The molecule has 0 saturated carbocycles. The lowest BCUT2D eigenvalue weighted by Crippen LogP contribution is -2.32. The van der Waals surface area contributed by atoms with E-state index in [0.29, 0.717) is 6.42 Å². The molecule has 1 N–H and O–H groups in total. The maximum atomic E-state index is 12.9. The molecular weight excluding hydrogens is 274 g/mol. The minimum Gasteiger partial charge on any atom is -0.396 e. The molecule has 0 fully saturated rings. The zero-order chi connectivity index (χ0) is 16.1. The monoisotopic (exact) mass is 297 g/mol. The Bertz CT molecular complexity index is 637. The van der Waals surface area contributed by atoms with Crippen LogP contribution in [0.5, 0.6) is 0 Å². The van der Waals surface area contributed by atoms with Crippen molar-refractivity contribution in [1.82, 2.24) is 4.90 Å². The topological polar surface area (TPSA) is 40.5 Å². The van der Waals surface area contributed by atoms with Crippen LogP contribution in [0, 0.1) is 13.8 Å². The zero-order valence-electron chi connectivity index (χ0n) is 13.4. The summed E-state index contributed by atoms with van der Waals surface area (Å²) in [6, 6.07) is 15.5. The fourth-order valence-electron chi connectivity index (χ4n) is 2.70. The van der Waals surface area contributed by atoms with Crippen molar-refractivity contribution < 1.29 is 9.90 Å². The van der Waals surface area contributed by atoms with E-state index in [4.69, 9.17) is 0 Å². The van der Waals surface area contributed by atoms with Crippen LogP contribution in [0.1, 0.15) is 39.5 Å². The largest absolute Gasteiger partial charge is 0.396 e. The molecular formula is C19H23NO2. The van der Waals surface area contributed by atoms with Crippen LogP contribution in [-0.2, 0) is 0 Å². The highest BCUT2D eigenvalue weighted by Crippen LogP contribution is 2.25. The zero-order valence-corrected chi connectivity index (χ0v) is 13.4. The van der Waals surface area contributed by atoms with Crippen LogP contribution in [0.25, 0.3) is 0 Å². The van der Waals surface area contributed by atoms with E-state index in [1.54, 1.807) is 11.9 Å². The Morgan fingerprint density at radius 3 is 2.41 bits per heavy atom. The number of aryl methyl sites for hydroxylation is 1. The number of hydrogen-bond donors (Lipinski definition) is 1. The van der Waals surface area contributed by atoms with Crippen molar-refractivity contribution in [3.05, 3.63) is 70.8 Å². The Balaban J connectivity index is 2.32. The first-order valence-electron chi connectivity index (χ1n) is 7.55. The van der Waals surface area contributed by atoms with E-state index < -0.39 is 0 Å². The highest BCUT2D eigenvalue weighted by molar-refractivity contribution is 5.96. The van der Waals surface area contributed by atoms with Crippen LogP contribution < -0.4 is 0 Å². The summed E-state index contributed by atoms with van der Waals surface area (Å²) in [7, 11) is 1.80. The SMILES string of the molecule is Cc1cccc(C(=O)N(C)C(CCO)c2ccccc2)c1C. The minimum absolute atomic E-state index is 0.0106. The van der Waals surface area contributed by atoms with Crippen molar-refractivity contribution in [3.8, 4) is 0 Å². The van der Waals surface area contributed by atoms with Crippen LogP contribution in [0.4, 0.5) is 0 Å². The molecule has 0 bridgehead atoms. The summed E-state index contributed by atoms with van der Waals surface area (Å²) < 4.78 is 0. The van der Waals surface area contributed by atoms with E-state index >= 15 is 0 Å². The van der Waals surface area contributed by atoms with Crippen molar-refractivity contribution in [3.63, 3.8) is 0 Å². The van der Waals surface area contributed by atoms with Gasteiger partial charge in [-0.25, -0.2) is 0 Å². The number of carbonyl (C=O) groups is 1. The fourth-order valence-corrected chi connectivity index (χ4v) is 2.70. The molecule has 0 aromatic heterocycles. The van der Waals surface area contributed by atoms with Crippen molar-refractivity contribution in [2.45, 2.75) is 26.3 Å². The van der Waals surface area contributed by atoms with Gasteiger partial charge in [-0.05, 0) is 43.0 Å². The Hall–Kier alpha value is -2.13. The van der Waals surface area contributed by atoms with Gasteiger partial charge in [0.05, 0.1) is 6.04 Å². The summed E-state index contributed by atoms with van der Waals surface area (Å²) in [5, 5.41) is 9.36. The summed E-state index contributed by atoms with van der Waals surface area (Å²) in [6.07, 6.45) is 0.525. The third-order valence-corrected chi connectivity index (χ3v) is 4.21. The van der Waals surface area contributed by atoms with Gasteiger partial charge in [-0.2, -0.15) is 0 Å². The Morgan fingerprint density at radius 2 is 1.77 bits per heavy atom. The Kier molecular flexibility index (Phi) is 5.34. The number of nitrogens with zero attached hydrogens (tertiary/aromatic N) is 1. The van der Waals surface area contributed by atoms with Gasteiger partial charge in [0, 0.05) is 19.2 Å². The normalized spacial score (nSPS) is 12.0. The lowest BCUT2D eigenvalue weighted by molar-refractivity contribution is 0.0704. The molecule has 1 atom stereocenters. The maximum absolute atomic E-state index is 12.9. The average molecular weight is 297 g/mol. The van der Waals surface area contributed by atoms with Crippen molar-refractivity contribution in [2.24, 2.45) is 0 Å². The third-order valence-electron chi connectivity index (χ3n) is 4.21.